The second-order valence-electron chi connectivity index (χ2n) is 4.55. The number of anilines is 1. The second-order valence-corrected chi connectivity index (χ2v) is 5.38. The minimum absolute atomic E-state index is 0.0145. The summed E-state index contributed by atoms with van der Waals surface area (Å²) in [6.07, 6.45) is 0. The first-order chi connectivity index (χ1) is 9.10. The zero-order valence-electron chi connectivity index (χ0n) is 11.5. The number of hydrogen-bond donors (Lipinski definition) is 1. The summed E-state index contributed by atoms with van der Waals surface area (Å²) in [5, 5.41) is 3.01. The average Bonchev–Trinajstić information content (AvgIpc) is 2.89. The Hall–Kier alpha value is -1.59. The van der Waals surface area contributed by atoms with E-state index < -0.39 is 0 Å². The summed E-state index contributed by atoms with van der Waals surface area (Å²) in [5.41, 5.74) is 7.99. The van der Waals surface area contributed by atoms with Crippen LogP contribution in [0.15, 0.2) is 29.6 Å². The lowest BCUT2D eigenvalue weighted by atomic mass is 10.2. The molecule has 0 fully saturated rings. The van der Waals surface area contributed by atoms with E-state index in [1.165, 1.54) is 5.56 Å². The van der Waals surface area contributed by atoms with E-state index in [2.05, 4.69) is 22.0 Å². The Bertz CT molecular complexity index is 522. The summed E-state index contributed by atoms with van der Waals surface area (Å²) < 4.78 is 5.15. The van der Waals surface area contributed by atoms with Gasteiger partial charge in [0.1, 0.15) is 5.75 Å². The van der Waals surface area contributed by atoms with Gasteiger partial charge in [-0.15, -0.1) is 11.3 Å². The SMILES string of the molecule is COc1ccc(CN(C)c2nc(C(C)N)cs2)cc1. The number of methoxy groups -OCH3 is 1. The number of thiazole rings is 1. The Morgan fingerprint density at radius 1 is 1.37 bits per heavy atom. The zero-order chi connectivity index (χ0) is 13.8. The summed E-state index contributed by atoms with van der Waals surface area (Å²) in [6.45, 7) is 2.76. The van der Waals surface area contributed by atoms with Gasteiger partial charge < -0.3 is 15.4 Å². The quantitative estimate of drug-likeness (QED) is 0.913. The van der Waals surface area contributed by atoms with Gasteiger partial charge in [0.05, 0.1) is 12.8 Å². The monoisotopic (exact) mass is 277 g/mol. The van der Waals surface area contributed by atoms with Crippen molar-refractivity contribution in [2.45, 2.75) is 19.5 Å². The summed E-state index contributed by atoms with van der Waals surface area (Å²) >= 11 is 1.62. The Kier molecular flexibility index (Phi) is 4.39. The van der Waals surface area contributed by atoms with E-state index in [0.29, 0.717) is 0 Å². The van der Waals surface area contributed by atoms with Gasteiger partial charge in [-0.05, 0) is 24.6 Å². The Balaban J connectivity index is 2.04. The van der Waals surface area contributed by atoms with Crippen LogP contribution >= 0.6 is 11.3 Å². The van der Waals surface area contributed by atoms with E-state index in [-0.39, 0.29) is 6.04 Å². The fourth-order valence-corrected chi connectivity index (χ4v) is 2.63. The summed E-state index contributed by atoms with van der Waals surface area (Å²) in [5.74, 6) is 0.875. The van der Waals surface area contributed by atoms with Crippen LogP contribution < -0.4 is 15.4 Å². The molecule has 0 aliphatic carbocycles. The van der Waals surface area contributed by atoms with Gasteiger partial charge in [0.2, 0.25) is 0 Å². The molecule has 1 unspecified atom stereocenters. The van der Waals surface area contributed by atoms with Crippen LogP contribution in [0.1, 0.15) is 24.2 Å². The van der Waals surface area contributed by atoms with E-state index >= 15 is 0 Å². The Morgan fingerprint density at radius 3 is 2.58 bits per heavy atom. The highest BCUT2D eigenvalue weighted by Crippen LogP contribution is 2.24. The van der Waals surface area contributed by atoms with Crippen LogP contribution in [-0.4, -0.2) is 19.1 Å². The molecule has 0 spiro atoms. The number of ether oxygens (including phenoxy) is 1. The fraction of sp³-hybridized carbons (Fsp3) is 0.357. The van der Waals surface area contributed by atoms with Crippen molar-refractivity contribution in [3.8, 4) is 5.75 Å². The van der Waals surface area contributed by atoms with Crippen LogP contribution in [-0.2, 0) is 6.54 Å². The molecule has 2 rings (SSSR count). The van der Waals surface area contributed by atoms with Crippen LogP contribution in [0.3, 0.4) is 0 Å². The summed E-state index contributed by atoms with van der Waals surface area (Å²) in [4.78, 5) is 6.66. The second kappa shape index (κ2) is 6.04. The van der Waals surface area contributed by atoms with Crippen molar-refractivity contribution < 1.29 is 4.74 Å². The first kappa shape index (κ1) is 13.8. The number of hydrogen-bond acceptors (Lipinski definition) is 5. The first-order valence-electron chi connectivity index (χ1n) is 6.15. The van der Waals surface area contributed by atoms with Gasteiger partial charge in [-0.1, -0.05) is 12.1 Å². The van der Waals surface area contributed by atoms with Crippen LogP contribution in [0.2, 0.25) is 0 Å². The predicted molar refractivity (Wildman–Crippen MR) is 79.8 cm³/mol. The lowest BCUT2D eigenvalue weighted by Crippen LogP contribution is -2.16. The summed E-state index contributed by atoms with van der Waals surface area (Å²) in [7, 11) is 3.71. The molecular formula is C14H19N3OS. The van der Waals surface area contributed by atoms with E-state index in [1.54, 1.807) is 18.4 Å². The van der Waals surface area contributed by atoms with Gasteiger partial charge in [0.15, 0.2) is 5.13 Å². The molecule has 19 heavy (non-hydrogen) atoms. The standard InChI is InChI=1S/C14H19N3OS/c1-10(15)13-9-19-14(16-13)17(2)8-11-4-6-12(18-3)7-5-11/h4-7,9-10H,8,15H2,1-3H3. The maximum absolute atomic E-state index is 5.82. The highest BCUT2D eigenvalue weighted by atomic mass is 32.1. The summed E-state index contributed by atoms with van der Waals surface area (Å²) in [6, 6.07) is 8.06. The number of benzene rings is 1. The third kappa shape index (κ3) is 3.45. The molecule has 0 aliphatic rings. The van der Waals surface area contributed by atoms with E-state index in [9.17, 15) is 0 Å². The third-order valence-electron chi connectivity index (χ3n) is 2.88. The predicted octanol–water partition coefficient (Wildman–Crippen LogP) is 2.81. The topological polar surface area (TPSA) is 51.4 Å². The zero-order valence-corrected chi connectivity index (χ0v) is 12.3. The van der Waals surface area contributed by atoms with Crippen molar-refractivity contribution in [3.05, 3.63) is 40.9 Å². The maximum Gasteiger partial charge on any atom is 0.185 e. The largest absolute Gasteiger partial charge is 0.497 e. The average molecular weight is 277 g/mol. The number of nitrogens with two attached hydrogens (primary N) is 1. The molecule has 1 aromatic heterocycles. The highest BCUT2D eigenvalue weighted by molar-refractivity contribution is 7.13. The first-order valence-corrected chi connectivity index (χ1v) is 7.03. The smallest absolute Gasteiger partial charge is 0.185 e. The van der Waals surface area contributed by atoms with Crippen LogP contribution in [0.5, 0.6) is 5.75 Å². The number of aromatic nitrogens is 1. The van der Waals surface area contributed by atoms with Gasteiger partial charge in [-0.25, -0.2) is 4.98 Å². The molecule has 0 aliphatic heterocycles. The van der Waals surface area contributed by atoms with Crippen molar-refractivity contribution in [2.75, 3.05) is 19.1 Å². The van der Waals surface area contributed by atoms with Crippen molar-refractivity contribution in [1.29, 1.82) is 0 Å². The molecule has 0 saturated carbocycles. The molecule has 0 radical (unpaired) electrons. The lowest BCUT2D eigenvalue weighted by Gasteiger charge is -2.16. The molecule has 1 heterocycles. The van der Waals surface area contributed by atoms with Gasteiger partial charge in [-0.2, -0.15) is 0 Å². The molecular weight excluding hydrogens is 258 g/mol. The molecule has 2 aromatic rings. The third-order valence-corrected chi connectivity index (χ3v) is 3.85. The van der Waals surface area contributed by atoms with Crippen molar-refractivity contribution >= 4 is 16.5 Å². The molecule has 5 heteroatoms. The molecule has 102 valence electrons. The van der Waals surface area contributed by atoms with Gasteiger partial charge in [0.25, 0.3) is 0 Å². The Morgan fingerprint density at radius 2 is 2.05 bits per heavy atom. The van der Waals surface area contributed by atoms with Crippen molar-refractivity contribution in [3.63, 3.8) is 0 Å². The molecule has 0 saturated heterocycles. The fourth-order valence-electron chi connectivity index (χ4n) is 1.73. The van der Waals surface area contributed by atoms with Crippen LogP contribution in [0, 0.1) is 0 Å². The van der Waals surface area contributed by atoms with Gasteiger partial charge in [-0.3, -0.25) is 0 Å². The minimum Gasteiger partial charge on any atom is -0.497 e. The van der Waals surface area contributed by atoms with Crippen molar-refractivity contribution in [1.82, 2.24) is 4.98 Å². The van der Waals surface area contributed by atoms with E-state index in [0.717, 1.165) is 23.1 Å². The molecule has 1 aromatic carbocycles. The maximum atomic E-state index is 5.82. The minimum atomic E-state index is -0.0145. The molecule has 0 bridgehead atoms. The molecule has 4 nitrogen and oxygen atoms in total. The normalized spacial score (nSPS) is 12.2. The van der Waals surface area contributed by atoms with E-state index in [4.69, 9.17) is 10.5 Å². The van der Waals surface area contributed by atoms with E-state index in [1.807, 2.05) is 31.5 Å². The molecule has 1 atom stereocenters. The molecule has 0 amide bonds. The van der Waals surface area contributed by atoms with Crippen molar-refractivity contribution in [2.24, 2.45) is 5.73 Å². The van der Waals surface area contributed by atoms with Crippen LogP contribution in [0.25, 0.3) is 0 Å². The number of nitrogens with zero attached hydrogens (tertiary/aromatic N) is 2. The molecule has 2 N–H and O–H groups in total. The number of rotatable bonds is 5. The van der Waals surface area contributed by atoms with Gasteiger partial charge in [0, 0.05) is 25.0 Å². The lowest BCUT2D eigenvalue weighted by molar-refractivity contribution is 0.414. The Labute approximate surface area is 117 Å². The highest BCUT2D eigenvalue weighted by Gasteiger charge is 2.10. The van der Waals surface area contributed by atoms with Crippen LogP contribution in [0.4, 0.5) is 5.13 Å². The van der Waals surface area contributed by atoms with Gasteiger partial charge >= 0.3 is 0 Å².